The Hall–Kier alpha value is -0.570. The van der Waals surface area contributed by atoms with Crippen molar-refractivity contribution in [2.75, 3.05) is 5.32 Å². The molecule has 1 N–H and O–H groups in total. The van der Waals surface area contributed by atoms with Gasteiger partial charge in [-0.15, -0.1) is 11.3 Å². The number of rotatable bonds is 4. The zero-order valence-electron chi connectivity index (χ0n) is 7.29. The molecule has 3 heteroatoms. The average molecular weight is 182 g/mol. The van der Waals surface area contributed by atoms with Crippen molar-refractivity contribution in [3.63, 3.8) is 0 Å². The lowest BCUT2D eigenvalue weighted by molar-refractivity contribution is 0.692. The zero-order chi connectivity index (χ0) is 8.39. The first kappa shape index (κ1) is 8.05. The molecule has 2 rings (SSSR count). The smallest absolute Gasteiger partial charge is 0.182 e. The summed E-state index contributed by atoms with van der Waals surface area (Å²) in [7, 11) is 0. The Labute approximate surface area is 77.0 Å². The summed E-state index contributed by atoms with van der Waals surface area (Å²) in [6.45, 7) is 2.25. The molecule has 2 unspecified atom stereocenters. The highest BCUT2D eigenvalue weighted by atomic mass is 32.1. The summed E-state index contributed by atoms with van der Waals surface area (Å²) in [6.07, 6.45) is 5.86. The third kappa shape index (κ3) is 1.78. The van der Waals surface area contributed by atoms with E-state index in [1.165, 1.54) is 19.3 Å². The Bertz CT molecular complexity index is 233. The van der Waals surface area contributed by atoms with E-state index in [9.17, 15) is 0 Å². The Kier molecular flexibility index (Phi) is 2.30. The Balaban J connectivity index is 1.77. The third-order valence-electron chi connectivity index (χ3n) is 2.32. The van der Waals surface area contributed by atoms with E-state index in [4.69, 9.17) is 0 Å². The summed E-state index contributed by atoms with van der Waals surface area (Å²) in [5.74, 6) is 0.916. The maximum Gasteiger partial charge on any atom is 0.182 e. The molecular formula is C9H14N2S. The summed E-state index contributed by atoms with van der Waals surface area (Å²) >= 11 is 1.69. The number of hydrogen-bond acceptors (Lipinski definition) is 3. The van der Waals surface area contributed by atoms with E-state index in [1.807, 2.05) is 11.6 Å². The van der Waals surface area contributed by atoms with Crippen molar-refractivity contribution in [3.8, 4) is 0 Å². The Morgan fingerprint density at radius 2 is 2.67 bits per heavy atom. The molecule has 66 valence electrons. The lowest BCUT2D eigenvalue weighted by Crippen LogP contribution is -2.03. The minimum atomic E-state index is 0.719. The van der Waals surface area contributed by atoms with Gasteiger partial charge >= 0.3 is 0 Å². The van der Waals surface area contributed by atoms with Crippen LogP contribution >= 0.6 is 11.3 Å². The summed E-state index contributed by atoms with van der Waals surface area (Å²) in [5, 5.41) is 6.53. The molecule has 1 aromatic heterocycles. The summed E-state index contributed by atoms with van der Waals surface area (Å²) in [5.41, 5.74) is 0. The molecule has 12 heavy (non-hydrogen) atoms. The molecule has 1 heterocycles. The Morgan fingerprint density at radius 1 is 1.75 bits per heavy atom. The molecule has 2 atom stereocenters. The molecule has 0 saturated heterocycles. The molecule has 1 fully saturated rings. The standard InChI is InChI=1S/C9H14N2S/c1-2-3-7-6-8(7)11-9-10-4-5-12-9/h4-5,7-8H,2-3,6H2,1H3,(H,10,11). The number of hydrogen-bond donors (Lipinski definition) is 1. The second-order valence-electron chi connectivity index (χ2n) is 3.37. The maximum absolute atomic E-state index is 4.20. The maximum atomic E-state index is 4.20. The molecule has 1 aromatic rings. The van der Waals surface area contributed by atoms with Crippen LogP contribution in [0, 0.1) is 5.92 Å². The van der Waals surface area contributed by atoms with Gasteiger partial charge in [0.15, 0.2) is 5.13 Å². The second-order valence-corrected chi connectivity index (χ2v) is 4.27. The number of nitrogens with zero attached hydrogens (tertiary/aromatic N) is 1. The van der Waals surface area contributed by atoms with E-state index < -0.39 is 0 Å². The highest BCUT2D eigenvalue weighted by Crippen LogP contribution is 2.37. The van der Waals surface area contributed by atoms with Crippen LogP contribution in [0.4, 0.5) is 5.13 Å². The van der Waals surface area contributed by atoms with Crippen molar-refractivity contribution in [1.82, 2.24) is 4.98 Å². The molecule has 1 saturated carbocycles. The van der Waals surface area contributed by atoms with Crippen LogP contribution < -0.4 is 5.32 Å². The van der Waals surface area contributed by atoms with E-state index in [1.54, 1.807) is 11.3 Å². The number of aromatic nitrogens is 1. The minimum absolute atomic E-state index is 0.719. The topological polar surface area (TPSA) is 24.9 Å². The lowest BCUT2D eigenvalue weighted by Gasteiger charge is -1.99. The highest BCUT2D eigenvalue weighted by molar-refractivity contribution is 7.13. The van der Waals surface area contributed by atoms with Crippen LogP contribution in [-0.4, -0.2) is 11.0 Å². The quantitative estimate of drug-likeness (QED) is 0.774. The van der Waals surface area contributed by atoms with Gasteiger partial charge in [-0.2, -0.15) is 0 Å². The van der Waals surface area contributed by atoms with Gasteiger partial charge < -0.3 is 5.32 Å². The van der Waals surface area contributed by atoms with E-state index in [0.717, 1.165) is 17.1 Å². The van der Waals surface area contributed by atoms with Crippen LogP contribution in [0.25, 0.3) is 0 Å². The average Bonchev–Trinajstić information content (AvgIpc) is 2.62. The van der Waals surface area contributed by atoms with Crippen LogP contribution in [0.1, 0.15) is 26.2 Å². The molecule has 1 aliphatic carbocycles. The monoisotopic (exact) mass is 182 g/mol. The summed E-state index contributed by atoms with van der Waals surface area (Å²) in [6, 6.07) is 0.719. The fourth-order valence-corrected chi connectivity index (χ4v) is 2.16. The van der Waals surface area contributed by atoms with Gasteiger partial charge in [-0.05, 0) is 18.8 Å². The van der Waals surface area contributed by atoms with Crippen molar-refractivity contribution >= 4 is 16.5 Å². The van der Waals surface area contributed by atoms with Crippen LogP contribution in [0.2, 0.25) is 0 Å². The van der Waals surface area contributed by atoms with Gasteiger partial charge in [-0.3, -0.25) is 0 Å². The van der Waals surface area contributed by atoms with Gasteiger partial charge in [0.1, 0.15) is 0 Å². The van der Waals surface area contributed by atoms with E-state index in [0.29, 0.717) is 0 Å². The molecule has 0 radical (unpaired) electrons. The third-order valence-corrected chi connectivity index (χ3v) is 3.03. The van der Waals surface area contributed by atoms with Gasteiger partial charge in [0, 0.05) is 17.6 Å². The summed E-state index contributed by atoms with van der Waals surface area (Å²) in [4.78, 5) is 4.20. The fraction of sp³-hybridized carbons (Fsp3) is 0.667. The van der Waals surface area contributed by atoms with Crippen LogP contribution in [0.3, 0.4) is 0 Å². The second kappa shape index (κ2) is 3.44. The molecular weight excluding hydrogens is 168 g/mol. The van der Waals surface area contributed by atoms with E-state index >= 15 is 0 Å². The molecule has 1 aliphatic rings. The molecule has 0 aromatic carbocycles. The van der Waals surface area contributed by atoms with Crippen molar-refractivity contribution < 1.29 is 0 Å². The first-order valence-corrected chi connectivity index (χ1v) is 5.44. The lowest BCUT2D eigenvalue weighted by atomic mass is 10.2. The van der Waals surface area contributed by atoms with Gasteiger partial charge in [-0.25, -0.2) is 4.98 Å². The van der Waals surface area contributed by atoms with Crippen LogP contribution in [0.15, 0.2) is 11.6 Å². The molecule has 0 bridgehead atoms. The van der Waals surface area contributed by atoms with Crippen molar-refractivity contribution in [2.45, 2.75) is 32.2 Å². The molecule has 0 spiro atoms. The fourth-order valence-electron chi connectivity index (χ4n) is 1.57. The molecule has 0 aliphatic heterocycles. The zero-order valence-corrected chi connectivity index (χ0v) is 8.10. The number of nitrogens with one attached hydrogen (secondary N) is 1. The Morgan fingerprint density at radius 3 is 3.33 bits per heavy atom. The van der Waals surface area contributed by atoms with Crippen molar-refractivity contribution in [3.05, 3.63) is 11.6 Å². The normalized spacial score (nSPS) is 27.1. The molecule has 2 nitrogen and oxygen atoms in total. The first-order chi connectivity index (χ1) is 5.90. The predicted molar refractivity (Wildman–Crippen MR) is 52.5 cm³/mol. The highest BCUT2D eigenvalue weighted by Gasteiger charge is 2.36. The molecule has 0 amide bonds. The number of anilines is 1. The van der Waals surface area contributed by atoms with Crippen LogP contribution in [-0.2, 0) is 0 Å². The summed E-state index contributed by atoms with van der Waals surface area (Å²) < 4.78 is 0. The first-order valence-electron chi connectivity index (χ1n) is 4.56. The largest absolute Gasteiger partial charge is 0.359 e. The van der Waals surface area contributed by atoms with Gasteiger partial charge in [-0.1, -0.05) is 13.3 Å². The van der Waals surface area contributed by atoms with Crippen molar-refractivity contribution in [2.24, 2.45) is 5.92 Å². The van der Waals surface area contributed by atoms with Gasteiger partial charge in [0.2, 0.25) is 0 Å². The SMILES string of the molecule is CCCC1CC1Nc1nccs1. The minimum Gasteiger partial charge on any atom is -0.359 e. The van der Waals surface area contributed by atoms with Crippen molar-refractivity contribution in [1.29, 1.82) is 0 Å². The van der Waals surface area contributed by atoms with E-state index in [-0.39, 0.29) is 0 Å². The number of thiazole rings is 1. The van der Waals surface area contributed by atoms with Crippen LogP contribution in [0.5, 0.6) is 0 Å². The van der Waals surface area contributed by atoms with E-state index in [2.05, 4.69) is 17.2 Å². The van der Waals surface area contributed by atoms with Gasteiger partial charge in [0.05, 0.1) is 0 Å². The van der Waals surface area contributed by atoms with Gasteiger partial charge in [0.25, 0.3) is 0 Å². The predicted octanol–water partition coefficient (Wildman–Crippen LogP) is 2.74.